The minimum Gasteiger partial charge on any atom is -0.339 e. The molecule has 1 rings (SSSR count). The van der Waals surface area contributed by atoms with Crippen LogP contribution in [0.3, 0.4) is 0 Å². The summed E-state index contributed by atoms with van der Waals surface area (Å²) in [6.07, 6.45) is 6.21. The molecule has 0 saturated heterocycles. The van der Waals surface area contributed by atoms with Crippen LogP contribution in [0.2, 0.25) is 0 Å². The lowest BCUT2D eigenvalue weighted by Gasteiger charge is -2.08. The molecule has 0 aliphatic heterocycles. The molecule has 1 aromatic carbocycles. The first-order chi connectivity index (χ1) is 10.0. The second-order valence-electron chi connectivity index (χ2n) is 5.10. The van der Waals surface area contributed by atoms with Crippen LogP contribution in [0, 0.1) is 11.3 Å². The van der Waals surface area contributed by atoms with Crippen molar-refractivity contribution in [3.05, 3.63) is 53.3 Å². The van der Waals surface area contributed by atoms with Crippen LogP contribution in [-0.4, -0.2) is 5.11 Å². The van der Waals surface area contributed by atoms with Gasteiger partial charge in [-0.2, -0.15) is 5.26 Å². The standard InChI is InChI=1S/C17H21N3S/c1-13(2)5-4-6-14(3)12-19-17(21)20-16-9-7-15(11-18)8-10-16/h5,7-10,12H,4,6H2,1-3H3,(H2,19,20,21)/b14-12-. The van der Waals surface area contributed by atoms with Gasteiger partial charge in [-0.05, 0) is 70.1 Å². The highest BCUT2D eigenvalue weighted by Gasteiger charge is 1.97. The van der Waals surface area contributed by atoms with Gasteiger partial charge in [0.05, 0.1) is 11.6 Å². The molecule has 0 atom stereocenters. The van der Waals surface area contributed by atoms with E-state index in [1.54, 1.807) is 12.1 Å². The maximum atomic E-state index is 8.74. The minimum atomic E-state index is 0.543. The molecule has 4 heteroatoms. The first-order valence-corrected chi connectivity index (χ1v) is 7.29. The Hall–Kier alpha value is -2.12. The Morgan fingerprint density at radius 1 is 1.24 bits per heavy atom. The molecule has 0 saturated carbocycles. The van der Waals surface area contributed by atoms with Crippen LogP contribution in [0.15, 0.2) is 47.7 Å². The van der Waals surface area contributed by atoms with Gasteiger partial charge in [0.15, 0.2) is 5.11 Å². The Morgan fingerprint density at radius 3 is 2.48 bits per heavy atom. The van der Waals surface area contributed by atoms with Crippen LogP contribution in [0.5, 0.6) is 0 Å². The number of anilines is 1. The zero-order chi connectivity index (χ0) is 15.7. The van der Waals surface area contributed by atoms with Gasteiger partial charge in [0.2, 0.25) is 0 Å². The average Bonchev–Trinajstić information content (AvgIpc) is 2.45. The third-order valence-corrected chi connectivity index (χ3v) is 3.03. The van der Waals surface area contributed by atoms with Crippen molar-refractivity contribution in [1.29, 1.82) is 5.26 Å². The second kappa shape index (κ2) is 8.93. The minimum absolute atomic E-state index is 0.543. The fourth-order valence-electron chi connectivity index (χ4n) is 1.64. The summed E-state index contributed by atoms with van der Waals surface area (Å²) in [7, 11) is 0. The van der Waals surface area contributed by atoms with Crippen molar-refractivity contribution in [3.8, 4) is 6.07 Å². The number of hydrogen-bond donors (Lipinski definition) is 2. The predicted molar refractivity (Wildman–Crippen MR) is 92.9 cm³/mol. The smallest absolute Gasteiger partial charge is 0.174 e. The van der Waals surface area contributed by atoms with E-state index in [-0.39, 0.29) is 0 Å². The van der Waals surface area contributed by atoms with E-state index in [2.05, 4.69) is 43.6 Å². The Bertz CT molecular complexity index is 573. The van der Waals surface area contributed by atoms with Crippen molar-refractivity contribution in [2.75, 3.05) is 5.32 Å². The van der Waals surface area contributed by atoms with Gasteiger partial charge in [-0.3, -0.25) is 0 Å². The van der Waals surface area contributed by atoms with Gasteiger partial charge in [-0.25, -0.2) is 0 Å². The Labute approximate surface area is 132 Å². The third-order valence-electron chi connectivity index (χ3n) is 2.81. The number of allylic oxidation sites excluding steroid dienone is 3. The SMILES string of the molecule is CC(C)=CCC/C(C)=C\NC(=S)Nc1ccc(C#N)cc1. The first kappa shape index (κ1) is 16.9. The maximum Gasteiger partial charge on any atom is 0.174 e. The Morgan fingerprint density at radius 2 is 1.90 bits per heavy atom. The highest BCUT2D eigenvalue weighted by molar-refractivity contribution is 7.80. The zero-order valence-electron chi connectivity index (χ0n) is 12.7. The van der Waals surface area contributed by atoms with E-state index in [1.807, 2.05) is 18.3 Å². The molecule has 2 N–H and O–H groups in total. The van der Waals surface area contributed by atoms with E-state index in [1.165, 1.54) is 11.1 Å². The summed E-state index contributed by atoms with van der Waals surface area (Å²) < 4.78 is 0. The molecule has 1 aromatic rings. The third kappa shape index (κ3) is 7.28. The van der Waals surface area contributed by atoms with Crippen molar-refractivity contribution in [3.63, 3.8) is 0 Å². The highest BCUT2D eigenvalue weighted by Crippen LogP contribution is 2.09. The summed E-state index contributed by atoms with van der Waals surface area (Å²) in [6, 6.07) is 9.26. The van der Waals surface area contributed by atoms with E-state index in [0.717, 1.165) is 18.5 Å². The van der Waals surface area contributed by atoms with E-state index in [0.29, 0.717) is 10.7 Å². The fourth-order valence-corrected chi connectivity index (χ4v) is 1.82. The number of nitrogens with zero attached hydrogens (tertiary/aromatic N) is 1. The predicted octanol–water partition coefficient (Wildman–Crippen LogP) is 4.49. The number of rotatable bonds is 5. The van der Waals surface area contributed by atoms with Crippen molar-refractivity contribution in [2.24, 2.45) is 0 Å². The lowest BCUT2D eigenvalue weighted by molar-refractivity contribution is 0.953. The van der Waals surface area contributed by atoms with Crippen LogP contribution in [-0.2, 0) is 0 Å². The van der Waals surface area contributed by atoms with E-state index < -0.39 is 0 Å². The quantitative estimate of drug-likeness (QED) is 0.621. The molecule has 0 radical (unpaired) electrons. The van der Waals surface area contributed by atoms with Crippen LogP contribution in [0.1, 0.15) is 39.2 Å². The molecule has 21 heavy (non-hydrogen) atoms. The van der Waals surface area contributed by atoms with Crippen LogP contribution in [0.4, 0.5) is 5.69 Å². The zero-order valence-corrected chi connectivity index (χ0v) is 13.6. The van der Waals surface area contributed by atoms with Gasteiger partial charge in [0.25, 0.3) is 0 Å². The second-order valence-corrected chi connectivity index (χ2v) is 5.51. The van der Waals surface area contributed by atoms with Crippen molar-refractivity contribution >= 4 is 23.0 Å². The Balaban J connectivity index is 2.42. The molecule has 0 amide bonds. The molecular formula is C17H21N3S. The lowest BCUT2D eigenvalue weighted by atomic mass is 10.1. The number of benzene rings is 1. The normalized spacial score (nSPS) is 10.5. The fraction of sp³-hybridized carbons (Fsp3) is 0.294. The summed E-state index contributed by atoms with van der Waals surface area (Å²) >= 11 is 5.23. The summed E-state index contributed by atoms with van der Waals surface area (Å²) in [4.78, 5) is 0. The topological polar surface area (TPSA) is 47.8 Å². The van der Waals surface area contributed by atoms with Crippen LogP contribution in [0.25, 0.3) is 0 Å². The van der Waals surface area contributed by atoms with Crippen molar-refractivity contribution in [2.45, 2.75) is 33.6 Å². The molecule has 110 valence electrons. The molecule has 0 aliphatic carbocycles. The van der Waals surface area contributed by atoms with Crippen LogP contribution >= 0.6 is 12.2 Å². The summed E-state index contributed by atoms with van der Waals surface area (Å²) in [5.74, 6) is 0. The molecule has 0 unspecified atom stereocenters. The molecule has 0 aromatic heterocycles. The van der Waals surface area contributed by atoms with Gasteiger partial charge in [0, 0.05) is 11.9 Å². The summed E-state index contributed by atoms with van der Waals surface area (Å²) in [6.45, 7) is 6.29. The largest absolute Gasteiger partial charge is 0.339 e. The van der Waals surface area contributed by atoms with Crippen LogP contribution < -0.4 is 10.6 Å². The molecule has 0 fully saturated rings. The highest BCUT2D eigenvalue weighted by atomic mass is 32.1. The van der Waals surface area contributed by atoms with E-state index in [4.69, 9.17) is 17.5 Å². The average molecular weight is 299 g/mol. The summed E-state index contributed by atoms with van der Waals surface area (Å²) in [5.41, 5.74) is 4.08. The van der Waals surface area contributed by atoms with E-state index >= 15 is 0 Å². The van der Waals surface area contributed by atoms with Gasteiger partial charge in [-0.1, -0.05) is 17.2 Å². The molecule has 0 spiro atoms. The first-order valence-electron chi connectivity index (χ1n) is 6.88. The molecular weight excluding hydrogens is 278 g/mol. The van der Waals surface area contributed by atoms with Crippen molar-refractivity contribution < 1.29 is 0 Å². The Kier molecular flexibility index (Phi) is 7.20. The molecule has 0 bridgehead atoms. The number of thiocarbonyl (C=S) groups is 1. The number of nitrogens with one attached hydrogen (secondary N) is 2. The molecule has 3 nitrogen and oxygen atoms in total. The van der Waals surface area contributed by atoms with E-state index in [9.17, 15) is 0 Å². The van der Waals surface area contributed by atoms with Gasteiger partial charge in [0.1, 0.15) is 0 Å². The molecule has 0 heterocycles. The number of nitriles is 1. The van der Waals surface area contributed by atoms with Gasteiger partial charge >= 0.3 is 0 Å². The van der Waals surface area contributed by atoms with Crippen molar-refractivity contribution in [1.82, 2.24) is 5.32 Å². The lowest BCUT2D eigenvalue weighted by Crippen LogP contribution is -2.23. The van der Waals surface area contributed by atoms with Gasteiger partial charge < -0.3 is 10.6 Å². The van der Waals surface area contributed by atoms with Gasteiger partial charge in [-0.15, -0.1) is 0 Å². The monoisotopic (exact) mass is 299 g/mol. The molecule has 0 aliphatic rings. The maximum absolute atomic E-state index is 8.74. The summed E-state index contributed by atoms with van der Waals surface area (Å²) in [5, 5.41) is 15.4. The number of hydrogen-bond acceptors (Lipinski definition) is 2.